The molecule has 0 N–H and O–H groups in total. The topological polar surface area (TPSA) is 13.1 Å². The summed E-state index contributed by atoms with van der Waals surface area (Å²) in [4.78, 5) is 0. The summed E-state index contributed by atoms with van der Waals surface area (Å²) in [6, 6.07) is 53.0. The van der Waals surface area contributed by atoms with Gasteiger partial charge in [0, 0.05) is 30.9 Å². The largest absolute Gasteiger partial charge is 0.456 e. The third kappa shape index (κ3) is 3.35. The van der Waals surface area contributed by atoms with Crippen molar-refractivity contribution < 1.29 is 4.42 Å². The molecular formula is C42H24OS. The molecule has 0 aliphatic carbocycles. The van der Waals surface area contributed by atoms with E-state index in [1.807, 2.05) is 23.5 Å². The summed E-state index contributed by atoms with van der Waals surface area (Å²) in [6.07, 6.45) is 0. The van der Waals surface area contributed by atoms with Gasteiger partial charge in [-0.2, -0.15) is 0 Å². The molecule has 2 heterocycles. The van der Waals surface area contributed by atoms with E-state index >= 15 is 0 Å². The van der Waals surface area contributed by atoms with Crippen molar-refractivity contribution in [3.05, 3.63) is 146 Å². The number of hydrogen-bond acceptors (Lipinski definition) is 2. The quantitative estimate of drug-likeness (QED) is 0.187. The summed E-state index contributed by atoms with van der Waals surface area (Å²) in [6.45, 7) is 0. The van der Waals surface area contributed by atoms with Gasteiger partial charge in [-0.05, 0) is 84.9 Å². The van der Waals surface area contributed by atoms with Crippen LogP contribution in [0.25, 0.3) is 96.7 Å². The third-order valence-electron chi connectivity index (χ3n) is 9.25. The van der Waals surface area contributed by atoms with E-state index in [4.69, 9.17) is 4.42 Å². The molecule has 10 rings (SSSR count). The summed E-state index contributed by atoms with van der Waals surface area (Å²) in [5.41, 5.74) is 6.79. The summed E-state index contributed by atoms with van der Waals surface area (Å²) < 4.78 is 9.01. The Morgan fingerprint density at radius 2 is 0.909 bits per heavy atom. The van der Waals surface area contributed by atoms with Crippen LogP contribution in [0.1, 0.15) is 0 Å². The van der Waals surface area contributed by atoms with Crippen LogP contribution < -0.4 is 0 Å². The van der Waals surface area contributed by atoms with Gasteiger partial charge < -0.3 is 4.42 Å². The van der Waals surface area contributed by atoms with Crippen LogP contribution in [0.2, 0.25) is 0 Å². The van der Waals surface area contributed by atoms with Crippen LogP contribution in [0, 0.1) is 0 Å². The minimum atomic E-state index is 0.920. The van der Waals surface area contributed by atoms with Crippen molar-refractivity contribution in [3.8, 4) is 22.3 Å². The second-order valence-electron chi connectivity index (χ2n) is 11.6. The lowest BCUT2D eigenvalue weighted by atomic mass is 9.85. The molecule has 0 aliphatic rings. The van der Waals surface area contributed by atoms with E-state index in [2.05, 4.69) is 133 Å². The number of thiophene rings is 1. The minimum absolute atomic E-state index is 0.920. The highest BCUT2D eigenvalue weighted by atomic mass is 32.1. The summed E-state index contributed by atoms with van der Waals surface area (Å²) in [5, 5.41) is 12.6. The maximum absolute atomic E-state index is 6.33. The van der Waals surface area contributed by atoms with E-state index in [1.54, 1.807) is 0 Å². The van der Waals surface area contributed by atoms with Crippen molar-refractivity contribution in [2.45, 2.75) is 0 Å². The Balaban J connectivity index is 1.26. The molecule has 204 valence electrons. The standard InChI is InChI=1S/C42H24OS/c1-2-10-28-25(9-1)17-21-35-36-23-26(19-22-39(36)44-42(28)35)40-31-12-3-5-14-33(31)41(34-15-6-4-13-32(34)40)27-18-20-30-29-11-7-8-16-37(29)43-38(30)24-27/h1-24H. The van der Waals surface area contributed by atoms with Gasteiger partial charge in [0.1, 0.15) is 11.2 Å². The van der Waals surface area contributed by atoms with Crippen molar-refractivity contribution >= 4 is 85.8 Å². The third-order valence-corrected chi connectivity index (χ3v) is 10.5. The average Bonchev–Trinajstić information content (AvgIpc) is 3.65. The minimum Gasteiger partial charge on any atom is -0.456 e. The first-order chi connectivity index (χ1) is 21.8. The Morgan fingerprint density at radius 3 is 1.64 bits per heavy atom. The molecule has 0 radical (unpaired) electrons. The summed E-state index contributed by atoms with van der Waals surface area (Å²) in [7, 11) is 0. The highest BCUT2D eigenvalue weighted by Gasteiger charge is 2.19. The molecule has 8 aromatic carbocycles. The lowest BCUT2D eigenvalue weighted by Gasteiger charge is -2.18. The maximum atomic E-state index is 6.33. The Bertz CT molecular complexity index is 2720. The zero-order valence-corrected chi connectivity index (χ0v) is 24.5. The lowest BCUT2D eigenvalue weighted by molar-refractivity contribution is 0.669. The molecule has 2 aromatic heterocycles. The van der Waals surface area contributed by atoms with Crippen LogP contribution in [-0.4, -0.2) is 0 Å². The number of hydrogen-bond donors (Lipinski definition) is 0. The van der Waals surface area contributed by atoms with Gasteiger partial charge in [-0.3, -0.25) is 0 Å². The second-order valence-corrected chi connectivity index (χ2v) is 12.7. The Labute approximate surface area is 257 Å². The van der Waals surface area contributed by atoms with Gasteiger partial charge in [0.05, 0.1) is 0 Å². The van der Waals surface area contributed by atoms with Crippen molar-refractivity contribution in [1.29, 1.82) is 0 Å². The predicted molar refractivity (Wildman–Crippen MR) is 190 cm³/mol. The maximum Gasteiger partial charge on any atom is 0.136 e. The highest BCUT2D eigenvalue weighted by molar-refractivity contribution is 7.26. The van der Waals surface area contributed by atoms with Crippen LogP contribution in [0.15, 0.2) is 150 Å². The fourth-order valence-electron chi connectivity index (χ4n) is 7.29. The number of para-hydroxylation sites is 1. The van der Waals surface area contributed by atoms with Crippen molar-refractivity contribution in [2.24, 2.45) is 0 Å². The Kier molecular flexibility index (Phi) is 4.94. The molecule has 0 unspecified atom stereocenters. The van der Waals surface area contributed by atoms with Crippen LogP contribution >= 0.6 is 11.3 Å². The number of benzene rings is 8. The molecule has 44 heavy (non-hydrogen) atoms. The zero-order valence-electron chi connectivity index (χ0n) is 23.7. The van der Waals surface area contributed by atoms with Crippen LogP contribution in [-0.2, 0) is 0 Å². The molecule has 0 fully saturated rings. The van der Waals surface area contributed by atoms with Crippen LogP contribution in [0.5, 0.6) is 0 Å². The fraction of sp³-hybridized carbons (Fsp3) is 0. The van der Waals surface area contributed by atoms with Crippen LogP contribution in [0.3, 0.4) is 0 Å². The molecule has 2 heteroatoms. The van der Waals surface area contributed by atoms with E-state index in [0.29, 0.717) is 0 Å². The molecule has 0 saturated heterocycles. The van der Waals surface area contributed by atoms with Crippen LogP contribution in [0.4, 0.5) is 0 Å². The van der Waals surface area contributed by atoms with Gasteiger partial charge in [0.25, 0.3) is 0 Å². The Hall–Kier alpha value is -5.44. The molecular weight excluding hydrogens is 553 g/mol. The van der Waals surface area contributed by atoms with Gasteiger partial charge in [0.2, 0.25) is 0 Å². The van der Waals surface area contributed by atoms with E-state index < -0.39 is 0 Å². The van der Waals surface area contributed by atoms with Gasteiger partial charge in [0.15, 0.2) is 0 Å². The molecule has 0 amide bonds. The monoisotopic (exact) mass is 576 g/mol. The molecule has 10 aromatic rings. The molecule has 0 atom stereocenters. The summed E-state index contributed by atoms with van der Waals surface area (Å²) in [5.74, 6) is 0. The Morgan fingerprint density at radius 1 is 0.364 bits per heavy atom. The average molecular weight is 577 g/mol. The first-order valence-electron chi connectivity index (χ1n) is 15.0. The molecule has 0 bridgehead atoms. The van der Waals surface area contributed by atoms with Crippen molar-refractivity contribution in [2.75, 3.05) is 0 Å². The smallest absolute Gasteiger partial charge is 0.136 e. The van der Waals surface area contributed by atoms with Crippen molar-refractivity contribution in [1.82, 2.24) is 0 Å². The highest BCUT2D eigenvalue weighted by Crippen LogP contribution is 2.46. The molecule has 0 spiro atoms. The van der Waals surface area contributed by atoms with E-state index in [1.165, 1.54) is 74.7 Å². The number of furan rings is 1. The normalized spacial score (nSPS) is 12.1. The molecule has 0 saturated carbocycles. The summed E-state index contributed by atoms with van der Waals surface area (Å²) >= 11 is 1.90. The van der Waals surface area contributed by atoms with E-state index in [9.17, 15) is 0 Å². The second kappa shape index (κ2) is 9.03. The fourth-order valence-corrected chi connectivity index (χ4v) is 8.51. The lowest BCUT2D eigenvalue weighted by Crippen LogP contribution is -1.90. The number of fused-ring (bicyclic) bond motifs is 10. The van der Waals surface area contributed by atoms with Gasteiger partial charge in [-0.1, -0.05) is 115 Å². The zero-order chi connectivity index (χ0) is 28.8. The van der Waals surface area contributed by atoms with Gasteiger partial charge >= 0.3 is 0 Å². The predicted octanol–water partition coefficient (Wildman–Crippen LogP) is 12.7. The van der Waals surface area contributed by atoms with Gasteiger partial charge in [-0.15, -0.1) is 11.3 Å². The van der Waals surface area contributed by atoms with Gasteiger partial charge in [-0.25, -0.2) is 0 Å². The first kappa shape index (κ1) is 24.0. The number of rotatable bonds is 2. The van der Waals surface area contributed by atoms with Crippen molar-refractivity contribution in [3.63, 3.8) is 0 Å². The molecule has 1 nitrogen and oxygen atoms in total. The molecule has 0 aliphatic heterocycles. The first-order valence-corrected chi connectivity index (χ1v) is 15.8. The van der Waals surface area contributed by atoms with E-state index in [-0.39, 0.29) is 0 Å². The SMILES string of the molecule is c1ccc2c(c1)ccc1c3cc(-c4c5ccccc5c(-c5ccc6c(c5)oc5ccccc56)c5ccccc45)ccc3sc21. The van der Waals surface area contributed by atoms with E-state index in [0.717, 1.165) is 21.9 Å².